The lowest BCUT2D eigenvalue weighted by Gasteiger charge is -1.93. The van der Waals surface area contributed by atoms with Crippen LogP contribution in [0.15, 0.2) is 17.8 Å². The van der Waals surface area contributed by atoms with Gasteiger partial charge in [-0.3, -0.25) is 0 Å². The van der Waals surface area contributed by atoms with Crippen molar-refractivity contribution in [3.05, 3.63) is 27.4 Å². The molecule has 0 aliphatic carbocycles. The fourth-order valence-electron chi connectivity index (χ4n) is 1.01. The zero-order chi connectivity index (χ0) is 9.26. The molecule has 0 amide bonds. The Balaban J connectivity index is 2.59. The molecule has 0 aromatic carbocycles. The van der Waals surface area contributed by atoms with Crippen LogP contribution < -0.4 is 0 Å². The van der Waals surface area contributed by atoms with Crippen molar-refractivity contribution in [1.29, 1.82) is 0 Å². The summed E-state index contributed by atoms with van der Waals surface area (Å²) < 4.78 is 0.632. The minimum Gasteiger partial charge on any atom is -0.350 e. The number of hydrogen-bond acceptors (Lipinski definition) is 4. The second-order valence-electron chi connectivity index (χ2n) is 2.52. The molecule has 2 aromatic heterocycles. The lowest BCUT2D eigenvalue weighted by molar-refractivity contribution is 1.16. The first kappa shape index (κ1) is 8.52. The maximum absolute atomic E-state index is 5.09. The van der Waals surface area contributed by atoms with E-state index in [2.05, 4.69) is 15.0 Å². The number of nitrogens with zero attached hydrogens (tertiary/aromatic N) is 2. The molecule has 2 heterocycles. The lowest BCUT2D eigenvalue weighted by atomic mass is 10.3. The fourth-order valence-corrected chi connectivity index (χ4v) is 1.83. The van der Waals surface area contributed by atoms with Gasteiger partial charge < -0.3 is 4.98 Å². The SMILES string of the molecule is Cc1nc(-c2ncc[nH]c2=S)cs1. The van der Waals surface area contributed by atoms with E-state index in [0.29, 0.717) is 4.64 Å². The number of aryl methyl sites for hydroxylation is 1. The van der Waals surface area contributed by atoms with Crippen molar-refractivity contribution in [2.24, 2.45) is 0 Å². The lowest BCUT2D eigenvalue weighted by Crippen LogP contribution is -1.86. The van der Waals surface area contributed by atoms with Crippen LogP contribution in [-0.2, 0) is 0 Å². The molecular weight excluding hydrogens is 202 g/mol. The van der Waals surface area contributed by atoms with Crippen LogP contribution in [0.25, 0.3) is 11.4 Å². The highest BCUT2D eigenvalue weighted by Crippen LogP contribution is 2.19. The van der Waals surface area contributed by atoms with Gasteiger partial charge in [-0.2, -0.15) is 0 Å². The summed E-state index contributed by atoms with van der Waals surface area (Å²) in [5, 5.41) is 2.98. The van der Waals surface area contributed by atoms with Crippen LogP contribution in [0.3, 0.4) is 0 Å². The highest BCUT2D eigenvalue weighted by atomic mass is 32.1. The second-order valence-corrected chi connectivity index (χ2v) is 3.99. The molecule has 0 saturated carbocycles. The van der Waals surface area contributed by atoms with Crippen LogP contribution in [0.2, 0.25) is 0 Å². The molecule has 0 radical (unpaired) electrons. The zero-order valence-electron chi connectivity index (χ0n) is 6.94. The molecule has 0 aliphatic heterocycles. The quantitative estimate of drug-likeness (QED) is 0.734. The highest BCUT2D eigenvalue weighted by Gasteiger charge is 2.04. The van der Waals surface area contributed by atoms with Gasteiger partial charge in [-0.15, -0.1) is 11.3 Å². The summed E-state index contributed by atoms with van der Waals surface area (Å²) in [5.74, 6) is 0. The molecule has 0 aliphatic rings. The summed E-state index contributed by atoms with van der Waals surface area (Å²) in [6.07, 6.45) is 3.39. The van der Waals surface area contributed by atoms with Crippen LogP contribution in [0.1, 0.15) is 5.01 Å². The molecule has 1 N–H and O–H groups in total. The van der Waals surface area contributed by atoms with E-state index in [4.69, 9.17) is 12.2 Å². The van der Waals surface area contributed by atoms with Gasteiger partial charge >= 0.3 is 0 Å². The summed E-state index contributed by atoms with van der Waals surface area (Å²) in [7, 11) is 0. The number of aromatic amines is 1. The number of nitrogens with one attached hydrogen (secondary N) is 1. The van der Waals surface area contributed by atoms with Crippen molar-refractivity contribution in [2.45, 2.75) is 6.92 Å². The number of hydrogen-bond donors (Lipinski definition) is 1. The van der Waals surface area contributed by atoms with Crippen LogP contribution in [0.4, 0.5) is 0 Å². The van der Waals surface area contributed by atoms with Crippen molar-refractivity contribution in [3.8, 4) is 11.4 Å². The van der Waals surface area contributed by atoms with Gasteiger partial charge in [0.25, 0.3) is 0 Å². The summed E-state index contributed by atoms with van der Waals surface area (Å²) in [5.41, 5.74) is 1.60. The molecule has 0 fully saturated rings. The highest BCUT2D eigenvalue weighted by molar-refractivity contribution is 7.71. The van der Waals surface area contributed by atoms with Crippen molar-refractivity contribution < 1.29 is 0 Å². The van der Waals surface area contributed by atoms with Gasteiger partial charge in [0.2, 0.25) is 0 Å². The third kappa shape index (κ3) is 1.66. The summed E-state index contributed by atoms with van der Waals surface area (Å²) >= 11 is 6.69. The molecule has 2 aromatic rings. The maximum atomic E-state index is 5.09. The molecule has 0 bridgehead atoms. The molecule has 3 nitrogen and oxygen atoms in total. The van der Waals surface area contributed by atoms with E-state index in [0.717, 1.165) is 16.4 Å². The largest absolute Gasteiger partial charge is 0.350 e. The molecule has 0 atom stereocenters. The van der Waals surface area contributed by atoms with Gasteiger partial charge in [-0.25, -0.2) is 9.97 Å². The van der Waals surface area contributed by atoms with E-state index in [-0.39, 0.29) is 0 Å². The number of H-pyrrole nitrogens is 1. The summed E-state index contributed by atoms with van der Waals surface area (Å²) in [4.78, 5) is 11.4. The monoisotopic (exact) mass is 209 g/mol. The predicted octanol–water partition coefficient (Wildman–Crippen LogP) is 2.57. The van der Waals surface area contributed by atoms with Crippen molar-refractivity contribution in [1.82, 2.24) is 15.0 Å². The Bertz CT molecular complexity index is 472. The average Bonchev–Trinajstić information content (AvgIpc) is 2.53. The molecule has 66 valence electrons. The van der Waals surface area contributed by atoms with E-state index in [1.165, 1.54) is 0 Å². The molecule has 2 rings (SSSR count). The normalized spacial score (nSPS) is 10.2. The van der Waals surface area contributed by atoms with E-state index >= 15 is 0 Å². The van der Waals surface area contributed by atoms with Crippen molar-refractivity contribution >= 4 is 23.6 Å². The predicted molar refractivity (Wildman–Crippen MR) is 55.3 cm³/mol. The first-order valence-corrected chi connectivity index (χ1v) is 5.02. The minimum atomic E-state index is 0.632. The van der Waals surface area contributed by atoms with Crippen molar-refractivity contribution in [2.75, 3.05) is 0 Å². The van der Waals surface area contributed by atoms with Crippen LogP contribution in [0, 0.1) is 11.6 Å². The number of rotatable bonds is 1. The summed E-state index contributed by atoms with van der Waals surface area (Å²) in [6.45, 7) is 1.96. The third-order valence-corrected chi connectivity index (χ3v) is 2.65. The van der Waals surface area contributed by atoms with Gasteiger partial charge in [0.15, 0.2) is 0 Å². The number of aromatic nitrogens is 3. The Kier molecular flexibility index (Phi) is 2.20. The Labute approximate surface area is 84.5 Å². The molecule has 5 heteroatoms. The van der Waals surface area contributed by atoms with E-state index in [9.17, 15) is 0 Å². The van der Waals surface area contributed by atoms with Gasteiger partial charge in [-0.05, 0) is 6.92 Å². The molecule has 13 heavy (non-hydrogen) atoms. The van der Waals surface area contributed by atoms with Crippen molar-refractivity contribution in [3.63, 3.8) is 0 Å². The van der Waals surface area contributed by atoms with Gasteiger partial charge in [0, 0.05) is 17.8 Å². The second kappa shape index (κ2) is 3.35. The van der Waals surface area contributed by atoms with Gasteiger partial charge in [0.1, 0.15) is 16.0 Å². The van der Waals surface area contributed by atoms with Gasteiger partial charge in [-0.1, -0.05) is 12.2 Å². The molecule has 0 unspecified atom stereocenters. The van der Waals surface area contributed by atoms with E-state index in [1.54, 1.807) is 23.7 Å². The molecule has 0 saturated heterocycles. The first-order valence-electron chi connectivity index (χ1n) is 3.73. The van der Waals surface area contributed by atoms with Crippen LogP contribution in [0.5, 0.6) is 0 Å². The third-order valence-electron chi connectivity index (χ3n) is 1.57. The van der Waals surface area contributed by atoms with E-state index < -0.39 is 0 Å². The maximum Gasteiger partial charge on any atom is 0.131 e. The Morgan fingerprint density at radius 2 is 2.38 bits per heavy atom. The molecular formula is C8H7N3S2. The first-order chi connectivity index (χ1) is 6.27. The molecule has 0 spiro atoms. The average molecular weight is 209 g/mol. The standard InChI is InChI=1S/C8H7N3S2/c1-5-11-6(4-13-5)7-8(12)10-3-2-9-7/h2-4H,1H3,(H,10,12). The fraction of sp³-hybridized carbons (Fsp3) is 0.125. The van der Waals surface area contributed by atoms with Crippen LogP contribution in [-0.4, -0.2) is 15.0 Å². The minimum absolute atomic E-state index is 0.632. The Hall–Kier alpha value is -1.07. The Morgan fingerprint density at radius 1 is 1.54 bits per heavy atom. The Morgan fingerprint density at radius 3 is 3.00 bits per heavy atom. The zero-order valence-corrected chi connectivity index (χ0v) is 8.58. The van der Waals surface area contributed by atoms with E-state index in [1.807, 2.05) is 12.3 Å². The topological polar surface area (TPSA) is 41.6 Å². The van der Waals surface area contributed by atoms with Crippen LogP contribution >= 0.6 is 23.6 Å². The summed E-state index contributed by atoms with van der Waals surface area (Å²) in [6, 6.07) is 0. The van der Waals surface area contributed by atoms with Gasteiger partial charge in [0.05, 0.1) is 5.01 Å². The number of thiazole rings is 1. The smallest absolute Gasteiger partial charge is 0.131 e.